The molecule has 1 heterocycles. The Labute approximate surface area is 126 Å². The van der Waals surface area contributed by atoms with E-state index in [9.17, 15) is 4.39 Å². The van der Waals surface area contributed by atoms with Crippen molar-refractivity contribution in [3.8, 4) is 11.3 Å². The number of hydrogen-bond donors (Lipinski definition) is 1. The number of hydrogen-bond acceptors (Lipinski definition) is 2. The lowest BCUT2D eigenvalue weighted by Gasteiger charge is -2.11. The zero-order valence-corrected chi connectivity index (χ0v) is 13.3. The predicted molar refractivity (Wildman–Crippen MR) is 85.8 cm³/mol. The average molecular weight is 289 g/mol. The summed E-state index contributed by atoms with van der Waals surface area (Å²) in [4.78, 5) is 4.71. The van der Waals surface area contributed by atoms with Gasteiger partial charge in [-0.15, -0.1) is 0 Å². The van der Waals surface area contributed by atoms with Crippen LogP contribution in [0.3, 0.4) is 0 Å². The number of aryl methyl sites for hydroxylation is 1. The molecule has 0 aliphatic carbocycles. The van der Waals surface area contributed by atoms with Crippen molar-refractivity contribution in [2.75, 3.05) is 5.73 Å². The molecular weight excluding hydrogens is 265 g/mol. The molecule has 0 fully saturated rings. The van der Waals surface area contributed by atoms with Gasteiger partial charge in [0.15, 0.2) is 0 Å². The third-order valence-corrected chi connectivity index (χ3v) is 3.74. The van der Waals surface area contributed by atoms with Crippen molar-refractivity contribution in [1.29, 1.82) is 0 Å². The number of benzene rings is 1. The zero-order valence-electron chi connectivity index (χ0n) is 13.3. The van der Waals surface area contributed by atoms with E-state index in [-0.39, 0.29) is 11.7 Å². The second-order valence-corrected chi connectivity index (χ2v) is 5.82. The minimum Gasteiger partial charge on any atom is -0.383 e. The summed E-state index contributed by atoms with van der Waals surface area (Å²) in [6.45, 7) is 9.17. The molecule has 2 aromatic rings. The van der Waals surface area contributed by atoms with Crippen LogP contribution in [0, 0.1) is 12.7 Å². The Morgan fingerprint density at radius 3 is 2.67 bits per heavy atom. The van der Waals surface area contributed by atoms with E-state index in [2.05, 4.69) is 25.3 Å². The van der Waals surface area contributed by atoms with E-state index in [1.807, 2.05) is 6.92 Å². The topological polar surface area (TPSA) is 43.8 Å². The van der Waals surface area contributed by atoms with Crippen LogP contribution in [-0.2, 0) is 6.54 Å². The maximum absolute atomic E-state index is 13.6. The summed E-state index contributed by atoms with van der Waals surface area (Å²) in [5.41, 5.74) is 8.78. The van der Waals surface area contributed by atoms with E-state index in [1.54, 1.807) is 6.07 Å². The molecule has 0 saturated heterocycles. The number of nitrogens with zero attached hydrogens (tertiary/aromatic N) is 2. The van der Waals surface area contributed by atoms with Crippen LogP contribution < -0.4 is 5.73 Å². The van der Waals surface area contributed by atoms with E-state index in [0.29, 0.717) is 11.5 Å². The number of halogens is 1. The maximum Gasteiger partial charge on any atom is 0.131 e. The molecular formula is C17H24FN3. The summed E-state index contributed by atoms with van der Waals surface area (Å²) in [5.74, 6) is 1.64. The minimum atomic E-state index is -0.260. The van der Waals surface area contributed by atoms with E-state index < -0.39 is 0 Å². The highest BCUT2D eigenvalue weighted by molar-refractivity contribution is 5.73. The largest absolute Gasteiger partial charge is 0.383 e. The first-order chi connectivity index (χ1) is 9.95. The standard InChI is InChI=1S/C17H24FN3/c1-5-6-9-21-16(19)15(20-17(21)11(2)3)14-10-13(18)8-7-12(14)4/h7-8,10-11H,5-6,9,19H2,1-4H3. The van der Waals surface area contributed by atoms with Crippen molar-refractivity contribution < 1.29 is 4.39 Å². The van der Waals surface area contributed by atoms with Crippen LogP contribution in [0.5, 0.6) is 0 Å². The van der Waals surface area contributed by atoms with E-state index in [4.69, 9.17) is 10.7 Å². The highest BCUT2D eigenvalue weighted by atomic mass is 19.1. The van der Waals surface area contributed by atoms with Crippen molar-refractivity contribution >= 4 is 5.82 Å². The molecule has 0 saturated carbocycles. The Balaban J connectivity index is 2.56. The SMILES string of the molecule is CCCCn1c(C(C)C)nc(-c2cc(F)ccc2C)c1N. The molecule has 2 rings (SSSR count). The van der Waals surface area contributed by atoms with Gasteiger partial charge in [0.1, 0.15) is 23.2 Å². The summed E-state index contributed by atoms with van der Waals surface area (Å²) in [6, 6.07) is 4.75. The predicted octanol–water partition coefficient (Wildman–Crippen LogP) is 4.50. The summed E-state index contributed by atoms with van der Waals surface area (Å²) >= 11 is 0. The fraction of sp³-hybridized carbons (Fsp3) is 0.471. The summed E-state index contributed by atoms with van der Waals surface area (Å²) in [5, 5.41) is 0. The van der Waals surface area contributed by atoms with Crippen LogP contribution in [0.2, 0.25) is 0 Å². The lowest BCUT2D eigenvalue weighted by molar-refractivity contribution is 0.588. The Kier molecular flexibility index (Phi) is 4.66. The summed E-state index contributed by atoms with van der Waals surface area (Å²) in [6.07, 6.45) is 2.16. The normalized spacial score (nSPS) is 11.3. The van der Waals surface area contributed by atoms with Gasteiger partial charge in [-0.1, -0.05) is 33.3 Å². The van der Waals surface area contributed by atoms with Crippen molar-refractivity contribution in [3.05, 3.63) is 35.4 Å². The van der Waals surface area contributed by atoms with Gasteiger partial charge in [0.2, 0.25) is 0 Å². The number of rotatable bonds is 5. The molecule has 0 bridgehead atoms. The van der Waals surface area contributed by atoms with E-state index >= 15 is 0 Å². The number of aromatic nitrogens is 2. The van der Waals surface area contributed by atoms with E-state index in [0.717, 1.165) is 36.3 Å². The van der Waals surface area contributed by atoms with Crippen molar-refractivity contribution in [1.82, 2.24) is 9.55 Å². The van der Waals surface area contributed by atoms with Crippen LogP contribution in [0.15, 0.2) is 18.2 Å². The van der Waals surface area contributed by atoms with Gasteiger partial charge >= 0.3 is 0 Å². The molecule has 3 nitrogen and oxygen atoms in total. The number of nitrogen functional groups attached to an aromatic ring is 1. The third-order valence-electron chi connectivity index (χ3n) is 3.74. The van der Waals surface area contributed by atoms with Gasteiger partial charge in [-0.05, 0) is 31.0 Å². The highest BCUT2D eigenvalue weighted by Gasteiger charge is 2.19. The second kappa shape index (κ2) is 6.29. The van der Waals surface area contributed by atoms with Crippen molar-refractivity contribution in [3.63, 3.8) is 0 Å². The van der Waals surface area contributed by atoms with Crippen LogP contribution in [0.25, 0.3) is 11.3 Å². The van der Waals surface area contributed by atoms with Gasteiger partial charge in [0, 0.05) is 18.0 Å². The first-order valence-corrected chi connectivity index (χ1v) is 7.58. The third kappa shape index (κ3) is 3.09. The van der Waals surface area contributed by atoms with Gasteiger partial charge in [0.25, 0.3) is 0 Å². The van der Waals surface area contributed by atoms with Crippen LogP contribution in [-0.4, -0.2) is 9.55 Å². The van der Waals surface area contributed by atoms with Gasteiger partial charge in [-0.3, -0.25) is 0 Å². The van der Waals surface area contributed by atoms with Crippen molar-refractivity contribution in [2.45, 2.75) is 53.0 Å². The van der Waals surface area contributed by atoms with Crippen LogP contribution in [0.4, 0.5) is 10.2 Å². The van der Waals surface area contributed by atoms with E-state index in [1.165, 1.54) is 12.1 Å². The van der Waals surface area contributed by atoms with Crippen molar-refractivity contribution in [2.24, 2.45) is 0 Å². The molecule has 0 spiro atoms. The van der Waals surface area contributed by atoms with Gasteiger partial charge < -0.3 is 10.3 Å². The Hall–Kier alpha value is -1.84. The fourth-order valence-electron chi connectivity index (χ4n) is 2.52. The smallest absolute Gasteiger partial charge is 0.131 e. The molecule has 0 radical (unpaired) electrons. The fourth-order valence-corrected chi connectivity index (χ4v) is 2.52. The van der Waals surface area contributed by atoms with Crippen LogP contribution >= 0.6 is 0 Å². The lowest BCUT2D eigenvalue weighted by atomic mass is 10.1. The molecule has 0 amide bonds. The first kappa shape index (κ1) is 15.5. The molecule has 4 heteroatoms. The molecule has 1 aromatic carbocycles. The highest BCUT2D eigenvalue weighted by Crippen LogP contribution is 2.32. The Morgan fingerprint density at radius 2 is 2.05 bits per heavy atom. The molecule has 0 unspecified atom stereocenters. The molecule has 0 aliphatic rings. The van der Waals surface area contributed by atoms with Gasteiger partial charge in [-0.2, -0.15) is 0 Å². The average Bonchev–Trinajstić information content (AvgIpc) is 2.76. The summed E-state index contributed by atoms with van der Waals surface area (Å²) < 4.78 is 15.6. The number of anilines is 1. The quantitative estimate of drug-likeness (QED) is 0.880. The number of imidazole rings is 1. The van der Waals surface area contributed by atoms with Crippen LogP contribution in [0.1, 0.15) is 50.9 Å². The number of nitrogens with two attached hydrogens (primary N) is 1. The van der Waals surface area contributed by atoms with Gasteiger partial charge in [-0.25, -0.2) is 9.37 Å². The monoisotopic (exact) mass is 289 g/mol. The lowest BCUT2D eigenvalue weighted by Crippen LogP contribution is -2.08. The Morgan fingerprint density at radius 1 is 1.33 bits per heavy atom. The number of unbranched alkanes of at least 4 members (excludes halogenated alkanes) is 1. The minimum absolute atomic E-state index is 0.260. The summed E-state index contributed by atoms with van der Waals surface area (Å²) in [7, 11) is 0. The molecule has 2 N–H and O–H groups in total. The molecule has 114 valence electrons. The molecule has 0 atom stereocenters. The first-order valence-electron chi connectivity index (χ1n) is 7.58. The molecule has 21 heavy (non-hydrogen) atoms. The van der Waals surface area contributed by atoms with Gasteiger partial charge in [0.05, 0.1) is 0 Å². The Bertz CT molecular complexity index is 629. The maximum atomic E-state index is 13.6. The zero-order chi connectivity index (χ0) is 15.6. The second-order valence-electron chi connectivity index (χ2n) is 5.82. The molecule has 0 aliphatic heterocycles. The molecule has 1 aromatic heterocycles.